The van der Waals surface area contributed by atoms with Gasteiger partial charge in [-0.3, -0.25) is 0 Å². The molecule has 0 aromatic heterocycles. The van der Waals surface area contributed by atoms with Gasteiger partial charge in [0.15, 0.2) is 0 Å². The molecule has 1 fully saturated rings. The van der Waals surface area contributed by atoms with Gasteiger partial charge in [0.2, 0.25) is 10.0 Å². The highest BCUT2D eigenvalue weighted by Gasteiger charge is 2.30. The molecular formula is C26H26Cl4N2O3S. The number of piperazine rings is 1. The van der Waals surface area contributed by atoms with E-state index in [-0.39, 0.29) is 21.0 Å². The van der Waals surface area contributed by atoms with Crippen LogP contribution in [0.1, 0.15) is 23.7 Å². The Labute approximate surface area is 232 Å². The second-order valence-corrected chi connectivity index (χ2v) is 12.1. The number of rotatable bonds is 9. The summed E-state index contributed by atoms with van der Waals surface area (Å²) >= 11 is 24.3. The number of halogens is 4. The molecule has 0 N–H and O–H groups in total. The number of ether oxygens (including phenoxy) is 1. The number of benzene rings is 3. The van der Waals surface area contributed by atoms with Crippen LogP contribution in [0.25, 0.3) is 0 Å². The van der Waals surface area contributed by atoms with Crippen molar-refractivity contribution in [1.82, 2.24) is 9.21 Å². The van der Waals surface area contributed by atoms with Gasteiger partial charge in [0.25, 0.3) is 0 Å². The second-order valence-electron chi connectivity index (χ2n) is 8.51. The predicted molar refractivity (Wildman–Crippen MR) is 147 cm³/mol. The minimum atomic E-state index is -3.70. The Morgan fingerprint density at radius 1 is 0.778 bits per heavy atom. The Kier molecular flexibility index (Phi) is 9.58. The highest BCUT2D eigenvalue weighted by atomic mass is 35.5. The molecular weight excluding hydrogens is 562 g/mol. The van der Waals surface area contributed by atoms with Crippen LogP contribution in [0.4, 0.5) is 0 Å². The predicted octanol–water partition coefficient (Wildman–Crippen LogP) is 6.80. The van der Waals surface area contributed by atoms with E-state index in [2.05, 4.69) is 4.90 Å². The smallest absolute Gasteiger partial charge is 0.244 e. The summed E-state index contributed by atoms with van der Waals surface area (Å²) in [6, 6.07) is 19.9. The van der Waals surface area contributed by atoms with Gasteiger partial charge in [-0.2, -0.15) is 4.31 Å². The minimum Gasteiger partial charge on any atom is -0.369 e. The standard InChI is InChI=1S/C26H26Cl4N2O3S/c27-21-9-5-19(6-10-21)26(20-7-11-22(28)12-8-20)35-18-2-13-31-14-16-32(17-15-31)36(33,34)24-4-1-3-23(29)25(24)30/h1,3-12,26H,2,13-18H2. The van der Waals surface area contributed by atoms with Gasteiger partial charge in [-0.1, -0.05) is 76.7 Å². The van der Waals surface area contributed by atoms with Crippen molar-refractivity contribution in [1.29, 1.82) is 0 Å². The van der Waals surface area contributed by atoms with Gasteiger partial charge in [0, 0.05) is 49.4 Å². The molecule has 192 valence electrons. The summed E-state index contributed by atoms with van der Waals surface area (Å²) in [6.07, 6.45) is 0.578. The van der Waals surface area contributed by atoms with E-state index in [4.69, 9.17) is 51.1 Å². The third-order valence-electron chi connectivity index (χ3n) is 6.11. The van der Waals surface area contributed by atoms with Gasteiger partial charge < -0.3 is 9.64 Å². The van der Waals surface area contributed by atoms with Crippen LogP contribution >= 0.6 is 46.4 Å². The van der Waals surface area contributed by atoms with E-state index in [0.717, 1.165) is 24.1 Å². The summed E-state index contributed by atoms with van der Waals surface area (Å²) in [6.45, 7) is 3.41. The van der Waals surface area contributed by atoms with Crippen LogP contribution in [-0.4, -0.2) is 57.0 Å². The van der Waals surface area contributed by atoms with E-state index in [1.807, 2.05) is 48.5 Å². The summed E-state index contributed by atoms with van der Waals surface area (Å²) in [5.41, 5.74) is 2.03. The summed E-state index contributed by atoms with van der Waals surface area (Å²) in [5.74, 6) is 0. The van der Waals surface area contributed by atoms with E-state index >= 15 is 0 Å². The largest absolute Gasteiger partial charge is 0.369 e. The third-order valence-corrected chi connectivity index (χ3v) is 9.49. The molecule has 5 nitrogen and oxygen atoms in total. The Balaban J connectivity index is 1.30. The topological polar surface area (TPSA) is 49.9 Å². The Morgan fingerprint density at radius 3 is 1.89 bits per heavy atom. The van der Waals surface area contributed by atoms with Crippen LogP contribution in [0.3, 0.4) is 0 Å². The normalized spacial score (nSPS) is 15.5. The quantitative estimate of drug-likeness (QED) is 0.258. The molecule has 3 aromatic rings. The summed E-state index contributed by atoms with van der Waals surface area (Å²) < 4.78 is 33.8. The highest BCUT2D eigenvalue weighted by Crippen LogP contribution is 2.31. The van der Waals surface area contributed by atoms with Crippen molar-refractivity contribution in [3.05, 3.63) is 97.9 Å². The lowest BCUT2D eigenvalue weighted by atomic mass is 10.0. The first-order valence-corrected chi connectivity index (χ1v) is 14.5. The molecule has 0 amide bonds. The molecule has 0 bridgehead atoms. The maximum atomic E-state index is 13.0. The van der Waals surface area contributed by atoms with Crippen molar-refractivity contribution >= 4 is 56.4 Å². The third kappa shape index (κ3) is 6.74. The second kappa shape index (κ2) is 12.5. The van der Waals surface area contributed by atoms with Gasteiger partial charge >= 0.3 is 0 Å². The van der Waals surface area contributed by atoms with E-state index in [1.54, 1.807) is 12.1 Å². The summed E-state index contributed by atoms with van der Waals surface area (Å²) in [7, 11) is -3.70. The van der Waals surface area contributed by atoms with Crippen molar-refractivity contribution in [3.8, 4) is 0 Å². The van der Waals surface area contributed by atoms with E-state index in [0.29, 0.717) is 42.8 Å². The SMILES string of the molecule is O=S(=O)(c1cccc(Cl)c1Cl)N1CCN(CCCOC(c2ccc(Cl)cc2)c2ccc(Cl)cc2)CC1. The van der Waals surface area contributed by atoms with Gasteiger partial charge in [-0.15, -0.1) is 0 Å². The lowest BCUT2D eigenvalue weighted by molar-refractivity contribution is 0.0686. The van der Waals surface area contributed by atoms with Crippen molar-refractivity contribution in [3.63, 3.8) is 0 Å². The lowest BCUT2D eigenvalue weighted by Crippen LogP contribution is -2.48. The zero-order chi connectivity index (χ0) is 25.7. The molecule has 3 aromatic carbocycles. The Morgan fingerprint density at radius 2 is 1.33 bits per heavy atom. The van der Waals surface area contributed by atoms with Gasteiger partial charge in [0.05, 0.1) is 10.0 Å². The minimum absolute atomic E-state index is 0.0500. The highest BCUT2D eigenvalue weighted by molar-refractivity contribution is 7.89. The molecule has 36 heavy (non-hydrogen) atoms. The van der Waals surface area contributed by atoms with Crippen molar-refractivity contribution < 1.29 is 13.2 Å². The van der Waals surface area contributed by atoms with Gasteiger partial charge in [0.1, 0.15) is 11.0 Å². The van der Waals surface area contributed by atoms with Crippen LogP contribution in [0.5, 0.6) is 0 Å². The van der Waals surface area contributed by atoms with Crippen LogP contribution < -0.4 is 0 Å². The summed E-state index contributed by atoms with van der Waals surface area (Å²) in [4.78, 5) is 2.29. The molecule has 1 aliphatic heterocycles. The zero-order valence-electron chi connectivity index (χ0n) is 19.4. The fourth-order valence-electron chi connectivity index (χ4n) is 4.17. The molecule has 1 saturated heterocycles. The van der Waals surface area contributed by atoms with E-state index in [9.17, 15) is 8.42 Å². The van der Waals surface area contributed by atoms with Crippen LogP contribution in [0.2, 0.25) is 20.1 Å². The van der Waals surface area contributed by atoms with Gasteiger partial charge in [-0.25, -0.2) is 8.42 Å². The number of hydrogen-bond acceptors (Lipinski definition) is 4. The number of nitrogens with zero attached hydrogens (tertiary/aromatic N) is 2. The molecule has 1 aliphatic rings. The molecule has 0 radical (unpaired) electrons. The fraction of sp³-hybridized carbons (Fsp3) is 0.308. The maximum Gasteiger partial charge on any atom is 0.244 e. The molecule has 1 heterocycles. The van der Waals surface area contributed by atoms with Crippen molar-refractivity contribution in [2.75, 3.05) is 39.3 Å². The van der Waals surface area contributed by atoms with E-state index < -0.39 is 10.0 Å². The van der Waals surface area contributed by atoms with Crippen LogP contribution in [-0.2, 0) is 14.8 Å². The number of hydrogen-bond donors (Lipinski definition) is 0. The molecule has 0 unspecified atom stereocenters. The average molecular weight is 588 g/mol. The molecule has 0 atom stereocenters. The van der Waals surface area contributed by atoms with Crippen molar-refractivity contribution in [2.45, 2.75) is 17.4 Å². The number of sulfonamides is 1. The maximum absolute atomic E-state index is 13.0. The molecule has 0 saturated carbocycles. The molecule has 0 aliphatic carbocycles. The zero-order valence-corrected chi connectivity index (χ0v) is 23.3. The monoisotopic (exact) mass is 586 g/mol. The van der Waals surface area contributed by atoms with Crippen LogP contribution in [0.15, 0.2) is 71.6 Å². The first-order chi connectivity index (χ1) is 17.3. The first kappa shape index (κ1) is 27.7. The first-order valence-electron chi connectivity index (χ1n) is 11.5. The molecule has 0 spiro atoms. The average Bonchev–Trinajstić information content (AvgIpc) is 2.87. The molecule has 4 rings (SSSR count). The van der Waals surface area contributed by atoms with E-state index in [1.165, 1.54) is 10.4 Å². The lowest BCUT2D eigenvalue weighted by Gasteiger charge is -2.34. The summed E-state index contributed by atoms with van der Waals surface area (Å²) in [5, 5.41) is 1.64. The Bertz CT molecular complexity index is 1220. The molecule has 10 heteroatoms. The van der Waals surface area contributed by atoms with Crippen molar-refractivity contribution in [2.24, 2.45) is 0 Å². The fourth-order valence-corrected chi connectivity index (χ4v) is 6.58. The van der Waals surface area contributed by atoms with Crippen LogP contribution in [0, 0.1) is 0 Å². The van der Waals surface area contributed by atoms with Gasteiger partial charge in [-0.05, 0) is 53.9 Å². The Hall–Kier alpha value is -1.35.